The lowest BCUT2D eigenvalue weighted by Gasteiger charge is -2.40. The van der Waals surface area contributed by atoms with Crippen LogP contribution in [0.4, 0.5) is 5.69 Å². The van der Waals surface area contributed by atoms with E-state index in [0.29, 0.717) is 12.5 Å². The fraction of sp³-hybridized carbons (Fsp3) is 0.533. The van der Waals surface area contributed by atoms with Gasteiger partial charge in [0.1, 0.15) is 0 Å². The van der Waals surface area contributed by atoms with E-state index in [-0.39, 0.29) is 0 Å². The Morgan fingerprint density at radius 3 is 2.78 bits per heavy atom. The van der Waals surface area contributed by atoms with Crippen LogP contribution in [0.2, 0.25) is 0 Å². The number of aryl methyl sites for hydroxylation is 2. The molecule has 0 saturated carbocycles. The second-order valence-corrected chi connectivity index (χ2v) is 5.23. The molecule has 0 aliphatic carbocycles. The zero-order valence-corrected chi connectivity index (χ0v) is 11.5. The number of benzene rings is 1. The number of rotatable bonds is 2. The first kappa shape index (κ1) is 12.9. The highest BCUT2D eigenvalue weighted by Crippen LogP contribution is 2.24. The molecule has 3 nitrogen and oxygen atoms in total. The van der Waals surface area contributed by atoms with Gasteiger partial charge in [-0.05, 0) is 32.5 Å². The summed E-state index contributed by atoms with van der Waals surface area (Å²) < 4.78 is 0. The van der Waals surface area contributed by atoms with Gasteiger partial charge in [0.15, 0.2) is 0 Å². The zero-order valence-electron chi connectivity index (χ0n) is 11.5. The smallest absolute Gasteiger partial charge is 0.0638 e. The molecule has 96 valence electrons. The number of nitriles is 1. The highest BCUT2D eigenvalue weighted by molar-refractivity contribution is 5.54. The summed E-state index contributed by atoms with van der Waals surface area (Å²) in [7, 11) is 2.11. The third-order valence-corrected chi connectivity index (χ3v) is 3.80. The van der Waals surface area contributed by atoms with Crippen LogP contribution in [0.3, 0.4) is 0 Å². The SMILES string of the molecule is Cc1ccc(N2CCN(C)C(CC#N)C2)c(C)c1. The molecule has 1 fully saturated rings. The average Bonchev–Trinajstić information content (AvgIpc) is 2.33. The molecule has 1 saturated heterocycles. The summed E-state index contributed by atoms with van der Waals surface area (Å²) in [6.07, 6.45) is 0.609. The van der Waals surface area contributed by atoms with Crippen LogP contribution in [0, 0.1) is 25.2 Å². The summed E-state index contributed by atoms with van der Waals surface area (Å²) >= 11 is 0. The minimum Gasteiger partial charge on any atom is -0.368 e. The molecule has 1 atom stereocenters. The summed E-state index contributed by atoms with van der Waals surface area (Å²) in [6.45, 7) is 7.31. The maximum Gasteiger partial charge on any atom is 0.0638 e. The fourth-order valence-corrected chi connectivity index (χ4v) is 2.65. The van der Waals surface area contributed by atoms with Gasteiger partial charge in [0.25, 0.3) is 0 Å². The number of anilines is 1. The van der Waals surface area contributed by atoms with Gasteiger partial charge in [-0.1, -0.05) is 17.7 Å². The van der Waals surface area contributed by atoms with Crippen molar-refractivity contribution in [2.24, 2.45) is 0 Å². The Morgan fingerprint density at radius 1 is 1.33 bits per heavy atom. The van der Waals surface area contributed by atoms with Crippen LogP contribution >= 0.6 is 0 Å². The van der Waals surface area contributed by atoms with Gasteiger partial charge in [-0.25, -0.2) is 0 Å². The Morgan fingerprint density at radius 2 is 2.11 bits per heavy atom. The Kier molecular flexibility index (Phi) is 3.88. The van der Waals surface area contributed by atoms with Crippen LogP contribution in [-0.4, -0.2) is 37.6 Å². The first-order chi connectivity index (χ1) is 8.61. The van der Waals surface area contributed by atoms with E-state index >= 15 is 0 Å². The van der Waals surface area contributed by atoms with E-state index in [9.17, 15) is 0 Å². The standard InChI is InChI=1S/C15H21N3/c1-12-4-5-15(13(2)10-12)18-9-8-17(3)14(11-18)6-7-16/h4-5,10,14H,6,8-9,11H2,1-3H3. The van der Waals surface area contributed by atoms with Crippen molar-refractivity contribution in [3.05, 3.63) is 29.3 Å². The van der Waals surface area contributed by atoms with Crippen LogP contribution in [0.15, 0.2) is 18.2 Å². The van der Waals surface area contributed by atoms with E-state index in [0.717, 1.165) is 19.6 Å². The van der Waals surface area contributed by atoms with E-state index in [4.69, 9.17) is 5.26 Å². The van der Waals surface area contributed by atoms with Crippen molar-refractivity contribution in [1.82, 2.24) is 4.90 Å². The Labute approximate surface area is 110 Å². The summed E-state index contributed by atoms with van der Waals surface area (Å²) in [5.41, 5.74) is 3.95. The second-order valence-electron chi connectivity index (χ2n) is 5.23. The summed E-state index contributed by atoms with van der Waals surface area (Å²) in [5.74, 6) is 0. The Balaban J connectivity index is 2.16. The lowest BCUT2D eigenvalue weighted by Crippen LogP contribution is -2.51. The molecule has 1 aliphatic rings. The number of hydrogen-bond donors (Lipinski definition) is 0. The number of likely N-dealkylation sites (N-methyl/N-ethyl adjacent to an activating group) is 1. The van der Waals surface area contributed by atoms with Crippen molar-refractivity contribution in [2.75, 3.05) is 31.6 Å². The average molecular weight is 243 g/mol. The van der Waals surface area contributed by atoms with E-state index < -0.39 is 0 Å². The normalized spacial score (nSPS) is 20.8. The van der Waals surface area contributed by atoms with Gasteiger partial charge in [0, 0.05) is 31.4 Å². The molecule has 1 aromatic rings. The van der Waals surface area contributed by atoms with E-state index in [1.807, 2.05) is 0 Å². The van der Waals surface area contributed by atoms with Gasteiger partial charge < -0.3 is 4.90 Å². The van der Waals surface area contributed by atoms with Gasteiger partial charge in [0.2, 0.25) is 0 Å². The van der Waals surface area contributed by atoms with Gasteiger partial charge in [-0.2, -0.15) is 5.26 Å². The van der Waals surface area contributed by atoms with Gasteiger partial charge in [0.05, 0.1) is 12.5 Å². The largest absolute Gasteiger partial charge is 0.368 e. The molecular weight excluding hydrogens is 222 g/mol. The van der Waals surface area contributed by atoms with Gasteiger partial charge >= 0.3 is 0 Å². The first-order valence-electron chi connectivity index (χ1n) is 6.51. The molecule has 0 aromatic heterocycles. The molecular formula is C15H21N3. The maximum atomic E-state index is 8.89. The second kappa shape index (κ2) is 5.41. The molecule has 3 heteroatoms. The highest BCUT2D eigenvalue weighted by Gasteiger charge is 2.24. The van der Waals surface area contributed by atoms with Crippen molar-refractivity contribution < 1.29 is 0 Å². The van der Waals surface area contributed by atoms with Crippen LogP contribution in [0.25, 0.3) is 0 Å². The topological polar surface area (TPSA) is 30.3 Å². The minimum atomic E-state index is 0.351. The van der Waals surface area contributed by atoms with Gasteiger partial charge in [-0.3, -0.25) is 4.90 Å². The van der Waals surface area contributed by atoms with E-state index in [1.54, 1.807) is 0 Å². The molecule has 1 unspecified atom stereocenters. The molecule has 0 bridgehead atoms. The fourth-order valence-electron chi connectivity index (χ4n) is 2.65. The van der Waals surface area contributed by atoms with Crippen molar-refractivity contribution in [3.8, 4) is 6.07 Å². The van der Waals surface area contributed by atoms with E-state index in [1.165, 1.54) is 16.8 Å². The van der Waals surface area contributed by atoms with Gasteiger partial charge in [-0.15, -0.1) is 0 Å². The lowest BCUT2D eigenvalue weighted by atomic mass is 10.1. The van der Waals surface area contributed by atoms with Crippen molar-refractivity contribution in [2.45, 2.75) is 26.3 Å². The molecule has 1 aromatic carbocycles. The molecule has 2 rings (SSSR count). The maximum absolute atomic E-state index is 8.89. The zero-order chi connectivity index (χ0) is 13.1. The highest BCUT2D eigenvalue weighted by atomic mass is 15.3. The predicted molar refractivity (Wildman–Crippen MR) is 74.8 cm³/mol. The number of hydrogen-bond acceptors (Lipinski definition) is 3. The quantitative estimate of drug-likeness (QED) is 0.798. The molecule has 0 amide bonds. The summed E-state index contributed by atoms with van der Waals surface area (Å²) in [6, 6.07) is 9.25. The molecule has 1 heterocycles. The van der Waals surface area contributed by atoms with E-state index in [2.05, 4.69) is 55.0 Å². The number of piperazine rings is 1. The summed E-state index contributed by atoms with van der Waals surface area (Å²) in [5, 5.41) is 8.89. The molecule has 0 spiro atoms. The number of nitrogens with zero attached hydrogens (tertiary/aromatic N) is 3. The third-order valence-electron chi connectivity index (χ3n) is 3.80. The predicted octanol–water partition coefficient (Wildman–Crippen LogP) is 2.34. The minimum absolute atomic E-state index is 0.351. The molecule has 1 aliphatic heterocycles. The lowest BCUT2D eigenvalue weighted by molar-refractivity contribution is 0.221. The van der Waals surface area contributed by atoms with Crippen LogP contribution in [0.5, 0.6) is 0 Å². The van der Waals surface area contributed by atoms with Crippen LogP contribution < -0.4 is 4.90 Å². The Bertz CT molecular complexity index is 461. The molecule has 18 heavy (non-hydrogen) atoms. The Hall–Kier alpha value is -1.53. The van der Waals surface area contributed by atoms with Crippen molar-refractivity contribution in [1.29, 1.82) is 5.26 Å². The van der Waals surface area contributed by atoms with Crippen molar-refractivity contribution in [3.63, 3.8) is 0 Å². The van der Waals surface area contributed by atoms with Crippen LogP contribution in [0.1, 0.15) is 17.5 Å². The van der Waals surface area contributed by atoms with Crippen LogP contribution in [-0.2, 0) is 0 Å². The monoisotopic (exact) mass is 243 g/mol. The first-order valence-corrected chi connectivity index (χ1v) is 6.51. The molecule has 0 radical (unpaired) electrons. The molecule has 0 N–H and O–H groups in total. The van der Waals surface area contributed by atoms with Crippen molar-refractivity contribution >= 4 is 5.69 Å². The third kappa shape index (κ3) is 2.65. The summed E-state index contributed by atoms with van der Waals surface area (Å²) in [4.78, 5) is 4.71.